The first-order valence-corrected chi connectivity index (χ1v) is 8.40. The molecule has 0 spiro atoms. The van der Waals surface area contributed by atoms with Gasteiger partial charge in [0, 0.05) is 17.4 Å². The Morgan fingerprint density at radius 2 is 1.35 bits per heavy atom. The van der Waals surface area contributed by atoms with Crippen LogP contribution in [0.15, 0.2) is 54.6 Å². The summed E-state index contributed by atoms with van der Waals surface area (Å²) in [5.74, 6) is 2.47. The quantitative estimate of drug-likeness (QED) is 0.639. The fourth-order valence-electron chi connectivity index (χ4n) is 2.41. The van der Waals surface area contributed by atoms with Gasteiger partial charge in [-0.3, -0.25) is 0 Å². The molecule has 2 N–H and O–H groups in total. The summed E-state index contributed by atoms with van der Waals surface area (Å²) in [6.45, 7) is 5.80. The normalized spacial score (nSPS) is 10.7. The van der Waals surface area contributed by atoms with E-state index in [1.807, 2.05) is 45.0 Å². The van der Waals surface area contributed by atoms with Crippen LogP contribution in [0.2, 0.25) is 0 Å². The van der Waals surface area contributed by atoms with Gasteiger partial charge in [0.25, 0.3) is 0 Å². The van der Waals surface area contributed by atoms with Crippen LogP contribution in [0.3, 0.4) is 0 Å². The first-order valence-electron chi connectivity index (χ1n) is 8.40. The van der Waals surface area contributed by atoms with E-state index >= 15 is 0 Å². The summed E-state index contributed by atoms with van der Waals surface area (Å²) in [4.78, 5) is 8.77. The Kier molecular flexibility index (Phi) is 5.31. The topological polar surface area (TPSA) is 59.1 Å². The van der Waals surface area contributed by atoms with E-state index in [2.05, 4.69) is 20.6 Å². The predicted molar refractivity (Wildman–Crippen MR) is 102 cm³/mol. The molecule has 0 bridgehead atoms. The van der Waals surface area contributed by atoms with Crippen LogP contribution in [-0.2, 0) is 0 Å². The molecular formula is C20H21FN4O. The van der Waals surface area contributed by atoms with Gasteiger partial charge in [0.2, 0.25) is 0 Å². The average molecular weight is 352 g/mol. The molecule has 0 fully saturated rings. The van der Waals surface area contributed by atoms with Crippen molar-refractivity contribution in [2.45, 2.75) is 26.9 Å². The zero-order chi connectivity index (χ0) is 18.5. The number of hydrogen-bond donors (Lipinski definition) is 2. The molecule has 1 aromatic heterocycles. The summed E-state index contributed by atoms with van der Waals surface area (Å²) in [6.07, 6.45) is 0.137. The summed E-state index contributed by atoms with van der Waals surface area (Å²) < 4.78 is 18.7. The van der Waals surface area contributed by atoms with Gasteiger partial charge in [-0.1, -0.05) is 0 Å². The number of aromatic nitrogens is 2. The van der Waals surface area contributed by atoms with Crippen molar-refractivity contribution in [3.8, 4) is 5.75 Å². The summed E-state index contributed by atoms with van der Waals surface area (Å²) in [5.41, 5.74) is 1.65. The van der Waals surface area contributed by atoms with E-state index in [1.165, 1.54) is 12.1 Å². The second-order valence-electron chi connectivity index (χ2n) is 6.13. The molecule has 0 aliphatic carbocycles. The van der Waals surface area contributed by atoms with Crippen LogP contribution >= 0.6 is 0 Å². The number of nitrogens with zero attached hydrogens (tertiary/aromatic N) is 2. The van der Waals surface area contributed by atoms with E-state index in [-0.39, 0.29) is 11.9 Å². The summed E-state index contributed by atoms with van der Waals surface area (Å²) >= 11 is 0. The second-order valence-corrected chi connectivity index (χ2v) is 6.13. The predicted octanol–water partition coefficient (Wildman–Crippen LogP) is 5.20. The van der Waals surface area contributed by atoms with Gasteiger partial charge in [-0.2, -0.15) is 0 Å². The van der Waals surface area contributed by atoms with Gasteiger partial charge in [-0.25, -0.2) is 14.4 Å². The molecule has 0 atom stereocenters. The maximum Gasteiger partial charge on any atom is 0.136 e. The molecule has 2 aromatic carbocycles. The molecule has 26 heavy (non-hydrogen) atoms. The Hall–Kier alpha value is -3.15. The zero-order valence-corrected chi connectivity index (χ0v) is 15.0. The summed E-state index contributed by atoms with van der Waals surface area (Å²) in [5, 5.41) is 6.40. The van der Waals surface area contributed by atoms with Crippen molar-refractivity contribution in [1.29, 1.82) is 0 Å². The third-order valence-electron chi connectivity index (χ3n) is 3.45. The minimum Gasteiger partial charge on any atom is -0.491 e. The van der Waals surface area contributed by atoms with E-state index < -0.39 is 0 Å². The maximum atomic E-state index is 13.0. The molecule has 3 aromatic rings. The number of halogens is 1. The smallest absolute Gasteiger partial charge is 0.136 e. The Labute approximate surface area is 152 Å². The van der Waals surface area contributed by atoms with E-state index in [1.54, 1.807) is 18.2 Å². The molecule has 0 amide bonds. The van der Waals surface area contributed by atoms with E-state index in [9.17, 15) is 4.39 Å². The number of anilines is 4. The Bertz CT molecular complexity index is 864. The molecule has 3 rings (SSSR count). The standard InChI is InChI=1S/C20H21FN4O/c1-13(2)26-18-10-8-17(9-11-18)25-20-12-19(22-14(3)23-20)24-16-6-4-15(21)5-7-16/h4-13H,1-3H3,(H2,22,23,24,25). The Morgan fingerprint density at radius 3 is 1.85 bits per heavy atom. The largest absolute Gasteiger partial charge is 0.491 e. The molecule has 1 heterocycles. The number of benzene rings is 2. The highest BCUT2D eigenvalue weighted by atomic mass is 19.1. The van der Waals surface area contributed by atoms with Gasteiger partial charge in [-0.05, 0) is 69.3 Å². The highest BCUT2D eigenvalue weighted by Gasteiger charge is 2.04. The minimum atomic E-state index is -0.276. The molecule has 0 radical (unpaired) electrons. The molecule has 134 valence electrons. The van der Waals surface area contributed by atoms with Gasteiger partial charge in [0.15, 0.2) is 0 Å². The summed E-state index contributed by atoms with van der Waals surface area (Å²) in [7, 11) is 0. The summed E-state index contributed by atoms with van der Waals surface area (Å²) in [6, 6.07) is 15.6. The highest BCUT2D eigenvalue weighted by Crippen LogP contribution is 2.22. The van der Waals surface area contributed by atoms with Crippen molar-refractivity contribution in [3.63, 3.8) is 0 Å². The lowest BCUT2D eigenvalue weighted by molar-refractivity contribution is 0.242. The van der Waals surface area contributed by atoms with Crippen LogP contribution in [0.1, 0.15) is 19.7 Å². The first kappa shape index (κ1) is 17.7. The van der Waals surface area contributed by atoms with Gasteiger partial charge < -0.3 is 15.4 Å². The molecule has 5 nitrogen and oxygen atoms in total. The average Bonchev–Trinajstić information content (AvgIpc) is 2.58. The number of rotatable bonds is 6. The van der Waals surface area contributed by atoms with Crippen LogP contribution in [0, 0.1) is 12.7 Å². The molecular weight excluding hydrogens is 331 g/mol. The highest BCUT2D eigenvalue weighted by molar-refractivity contribution is 5.63. The molecule has 0 unspecified atom stereocenters. The van der Waals surface area contributed by atoms with Gasteiger partial charge in [-0.15, -0.1) is 0 Å². The number of ether oxygens (including phenoxy) is 1. The van der Waals surface area contributed by atoms with Gasteiger partial charge in [0.05, 0.1) is 6.10 Å². The van der Waals surface area contributed by atoms with Crippen LogP contribution < -0.4 is 15.4 Å². The van der Waals surface area contributed by atoms with E-state index in [4.69, 9.17) is 4.74 Å². The van der Waals surface area contributed by atoms with Crippen molar-refractivity contribution in [3.05, 3.63) is 66.2 Å². The molecule has 0 aliphatic heterocycles. The molecule has 0 aliphatic rings. The van der Waals surface area contributed by atoms with Gasteiger partial charge in [0.1, 0.15) is 29.0 Å². The Morgan fingerprint density at radius 1 is 0.846 bits per heavy atom. The van der Waals surface area contributed by atoms with E-state index in [0.717, 1.165) is 17.1 Å². The lowest BCUT2D eigenvalue weighted by Crippen LogP contribution is -2.05. The molecule has 0 saturated carbocycles. The number of aryl methyl sites for hydroxylation is 1. The molecule has 6 heteroatoms. The third-order valence-corrected chi connectivity index (χ3v) is 3.45. The van der Waals surface area contributed by atoms with Crippen LogP contribution in [0.5, 0.6) is 5.75 Å². The van der Waals surface area contributed by atoms with Crippen LogP contribution in [-0.4, -0.2) is 16.1 Å². The van der Waals surface area contributed by atoms with E-state index in [0.29, 0.717) is 17.5 Å². The fraction of sp³-hybridized carbons (Fsp3) is 0.200. The van der Waals surface area contributed by atoms with Crippen LogP contribution in [0.4, 0.5) is 27.4 Å². The van der Waals surface area contributed by atoms with Crippen molar-refractivity contribution in [2.24, 2.45) is 0 Å². The van der Waals surface area contributed by atoms with Gasteiger partial charge >= 0.3 is 0 Å². The number of hydrogen-bond acceptors (Lipinski definition) is 5. The number of nitrogens with one attached hydrogen (secondary N) is 2. The second kappa shape index (κ2) is 7.82. The van der Waals surface area contributed by atoms with Crippen LogP contribution in [0.25, 0.3) is 0 Å². The maximum absolute atomic E-state index is 13.0. The Balaban J connectivity index is 1.73. The van der Waals surface area contributed by atoms with Crippen molar-refractivity contribution in [1.82, 2.24) is 9.97 Å². The van der Waals surface area contributed by atoms with Crippen molar-refractivity contribution in [2.75, 3.05) is 10.6 Å². The fourth-order valence-corrected chi connectivity index (χ4v) is 2.41. The van der Waals surface area contributed by atoms with Crippen molar-refractivity contribution < 1.29 is 9.13 Å². The molecule has 0 saturated heterocycles. The lowest BCUT2D eigenvalue weighted by Gasteiger charge is -2.12. The zero-order valence-electron chi connectivity index (χ0n) is 15.0. The monoisotopic (exact) mass is 352 g/mol. The minimum absolute atomic E-state index is 0.137. The van der Waals surface area contributed by atoms with Crippen molar-refractivity contribution >= 4 is 23.0 Å². The lowest BCUT2D eigenvalue weighted by atomic mass is 10.3. The first-order chi connectivity index (χ1) is 12.5. The third kappa shape index (κ3) is 4.92. The SMILES string of the molecule is Cc1nc(Nc2ccc(F)cc2)cc(Nc2ccc(OC(C)C)cc2)n1.